The second-order valence-corrected chi connectivity index (χ2v) is 9.63. The van der Waals surface area contributed by atoms with Gasteiger partial charge in [0.05, 0.1) is 0 Å². The van der Waals surface area contributed by atoms with Crippen molar-refractivity contribution in [1.82, 2.24) is 0 Å². The number of benzene rings is 3. The molecule has 0 bridgehead atoms. The number of phenols is 1. The van der Waals surface area contributed by atoms with Gasteiger partial charge in [-0.25, -0.2) is 4.79 Å². The van der Waals surface area contributed by atoms with Crippen molar-refractivity contribution in [1.29, 1.82) is 0 Å². The summed E-state index contributed by atoms with van der Waals surface area (Å²) in [5.41, 5.74) is 2.61. The Bertz CT molecular complexity index is 1190. The minimum Gasteiger partial charge on any atom is -0.507 e. The smallest absolute Gasteiger partial charge is 0.342 e. The Morgan fingerprint density at radius 3 is 1.89 bits per heavy atom. The van der Waals surface area contributed by atoms with E-state index < -0.39 is 11.6 Å². The van der Waals surface area contributed by atoms with Crippen LogP contribution in [-0.4, -0.2) is 22.6 Å². The quantitative estimate of drug-likeness (QED) is 0.304. The third-order valence-electron chi connectivity index (χ3n) is 5.22. The number of hydrogen-bond donors (Lipinski definition) is 1. The average molecular weight is 477 g/mol. The van der Waals surface area contributed by atoms with E-state index in [0.717, 1.165) is 11.1 Å². The molecule has 6 heteroatoms. The lowest BCUT2D eigenvalue weighted by Gasteiger charge is -2.22. The van der Waals surface area contributed by atoms with Crippen LogP contribution in [0.1, 0.15) is 68.9 Å². The van der Waals surface area contributed by atoms with Crippen LogP contribution in [0.5, 0.6) is 17.2 Å². The Kier molecular flexibility index (Phi) is 7.85. The molecule has 0 unspecified atom stereocenters. The number of aromatic hydroxyl groups is 1. The Hall–Kier alpha value is -3.80. The van der Waals surface area contributed by atoms with Crippen LogP contribution in [0, 0.1) is 0 Å². The van der Waals surface area contributed by atoms with Gasteiger partial charge in [-0.1, -0.05) is 50.2 Å². The number of hydrogen-bond acceptors (Lipinski definition) is 6. The van der Waals surface area contributed by atoms with Gasteiger partial charge in [0, 0.05) is 12.5 Å². The fourth-order valence-corrected chi connectivity index (χ4v) is 3.58. The van der Waals surface area contributed by atoms with E-state index in [9.17, 15) is 14.7 Å². The van der Waals surface area contributed by atoms with Crippen molar-refractivity contribution in [3.63, 3.8) is 0 Å². The second kappa shape index (κ2) is 10.6. The first-order valence-corrected chi connectivity index (χ1v) is 11.5. The maximum absolute atomic E-state index is 12.9. The molecule has 0 aliphatic carbocycles. The number of esters is 2. The van der Waals surface area contributed by atoms with Crippen LogP contribution in [0.15, 0.2) is 60.7 Å². The normalized spacial score (nSPS) is 11.3. The van der Waals surface area contributed by atoms with Crippen molar-refractivity contribution in [3.05, 3.63) is 77.4 Å². The number of rotatable bonds is 7. The van der Waals surface area contributed by atoms with E-state index in [4.69, 9.17) is 14.2 Å². The van der Waals surface area contributed by atoms with Crippen LogP contribution < -0.4 is 9.47 Å². The zero-order valence-corrected chi connectivity index (χ0v) is 21.0. The number of ether oxygens (including phenoxy) is 3. The molecule has 3 aromatic rings. The molecule has 0 fully saturated rings. The summed E-state index contributed by atoms with van der Waals surface area (Å²) in [7, 11) is 0. The lowest BCUT2D eigenvalue weighted by atomic mass is 9.95. The third-order valence-corrected chi connectivity index (χ3v) is 5.22. The molecule has 0 saturated heterocycles. The SMILES string of the molecule is CC(=O)Oc1ccc(-c2ccc(OCc3ccc(C(C)C)c(O)c3C(=O)OC(C)(C)C)cc2)cc1. The van der Waals surface area contributed by atoms with E-state index >= 15 is 0 Å². The Balaban J connectivity index is 1.78. The molecule has 35 heavy (non-hydrogen) atoms. The topological polar surface area (TPSA) is 82.1 Å². The molecule has 0 radical (unpaired) electrons. The van der Waals surface area contributed by atoms with Crippen molar-refractivity contribution in [2.45, 2.75) is 59.7 Å². The number of carbonyl (C=O) groups excluding carboxylic acids is 2. The first-order valence-electron chi connectivity index (χ1n) is 11.5. The average Bonchev–Trinajstić information content (AvgIpc) is 2.76. The van der Waals surface area contributed by atoms with Gasteiger partial charge in [-0.3, -0.25) is 4.79 Å². The van der Waals surface area contributed by atoms with Gasteiger partial charge < -0.3 is 19.3 Å². The molecule has 0 spiro atoms. The highest BCUT2D eigenvalue weighted by Crippen LogP contribution is 2.34. The molecular formula is C29H32O6. The molecule has 0 heterocycles. The standard InChI is InChI=1S/C29H32O6/c1-18(2)25-16-11-22(26(27(25)31)28(32)35-29(4,5)6)17-33-23-12-7-20(8-13-23)21-9-14-24(15-10-21)34-19(3)30/h7-16,18,31H,17H2,1-6H3. The summed E-state index contributed by atoms with van der Waals surface area (Å²) in [4.78, 5) is 24.0. The lowest BCUT2D eigenvalue weighted by molar-refractivity contribution is -0.131. The summed E-state index contributed by atoms with van der Waals surface area (Å²) in [5.74, 6) is 0.149. The van der Waals surface area contributed by atoms with Crippen molar-refractivity contribution in [2.75, 3.05) is 0 Å². The molecule has 0 atom stereocenters. The van der Waals surface area contributed by atoms with Crippen molar-refractivity contribution < 1.29 is 28.9 Å². The molecular weight excluding hydrogens is 444 g/mol. The van der Waals surface area contributed by atoms with E-state index in [1.807, 2.05) is 56.3 Å². The molecule has 184 valence electrons. The van der Waals surface area contributed by atoms with Crippen molar-refractivity contribution >= 4 is 11.9 Å². The van der Waals surface area contributed by atoms with Gasteiger partial charge in [-0.15, -0.1) is 0 Å². The summed E-state index contributed by atoms with van der Waals surface area (Å²) in [6.07, 6.45) is 0. The van der Waals surface area contributed by atoms with Crippen LogP contribution in [0.25, 0.3) is 11.1 Å². The Morgan fingerprint density at radius 1 is 0.857 bits per heavy atom. The third kappa shape index (κ3) is 6.85. The summed E-state index contributed by atoms with van der Waals surface area (Å²) < 4.78 is 16.6. The molecule has 0 aliphatic rings. The Labute approximate surface area is 206 Å². The van der Waals surface area contributed by atoms with Crippen LogP contribution >= 0.6 is 0 Å². The minimum atomic E-state index is -0.693. The van der Waals surface area contributed by atoms with E-state index in [2.05, 4.69) is 0 Å². The highest BCUT2D eigenvalue weighted by Gasteiger charge is 2.26. The Morgan fingerprint density at radius 2 is 1.40 bits per heavy atom. The van der Waals surface area contributed by atoms with Gasteiger partial charge in [0.1, 0.15) is 35.0 Å². The zero-order chi connectivity index (χ0) is 25.8. The van der Waals surface area contributed by atoms with Gasteiger partial charge in [0.25, 0.3) is 0 Å². The van der Waals surface area contributed by atoms with Gasteiger partial charge in [0.15, 0.2) is 0 Å². The largest absolute Gasteiger partial charge is 0.507 e. The molecule has 0 saturated carbocycles. The molecule has 0 amide bonds. The molecule has 3 aromatic carbocycles. The van der Waals surface area contributed by atoms with Crippen LogP contribution in [0.2, 0.25) is 0 Å². The van der Waals surface area contributed by atoms with E-state index in [0.29, 0.717) is 22.6 Å². The molecule has 1 N–H and O–H groups in total. The maximum atomic E-state index is 12.9. The molecule has 3 rings (SSSR count). The van der Waals surface area contributed by atoms with Crippen LogP contribution in [0.4, 0.5) is 0 Å². The monoisotopic (exact) mass is 476 g/mol. The van der Waals surface area contributed by atoms with Gasteiger partial charge in [-0.05, 0) is 67.6 Å². The first kappa shape index (κ1) is 25.8. The van der Waals surface area contributed by atoms with Gasteiger partial charge in [0.2, 0.25) is 0 Å². The van der Waals surface area contributed by atoms with Gasteiger partial charge >= 0.3 is 11.9 Å². The van der Waals surface area contributed by atoms with Gasteiger partial charge in [-0.2, -0.15) is 0 Å². The van der Waals surface area contributed by atoms with Crippen LogP contribution in [0.3, 0.4) is 0 Å². The summed E-state index contributed by atoms with van der Waals surface area (Å²) in [6, 6.07) is 18.4. The minimum absolute atomic E-state index is 0.0433. The van der Waals surface area contributed by atoms with Crippen molar-refractivity contribution in [3.8, 4) is 28.4 Å². The van der Waals surface area contributed by atoms with E-state index in [1.54, 1.807) is 39.0 Å². The zero-order valence-electron chi connectivity index (χ0n) is 21.0. The maximum Gasteiger partial charge on any atom is 0.342 e. The predicted molar refractivity (Wildman–Crippen MR) is 135 cm³/mol. The summed E-state index contributed by atoms with van der Waals surface area (Å²) in [6.45, 7) is 10.7. The second-order valence-electron chi connectivity index (χ2n) is 9.63. The predicted octanol–water partition coefficient (Wildman–Crippen LogP) is 6.64. The fourth-order valence-electron chi connectivity index (χ4n) is 3.58. The fraction of sp³-hybridized carbons (Fsp3) is 0.310. The lowest BCUT2D eigenvalue weighted by Crippen LogP contribution is -2.25. The number of phenolic OH excluding ortho intramolecular Hbond substituents is 1. The number of carbonyl (C=O) groups is 2. The first-order chi connectivity index (χ1) is 16.4. The highest BCUT2D eigenvalue weighted by molar-refractivity contribution is 5.95. The van der Waals surface area contributed by atoms with E-state index in [-0.39, 0.29) is 29.8 Å². The summed E-state index contributed by atoms with van der Waals surface area (Å²) in [5, 5.41) is 10.9. The molecule has 6 nitrogen and oxygen atoms in total. The van der Waals surface area contributed by atoms with Crippen molar-refractivity contribution in [2.24, 2.45) is 0 Å². The molecule has 0 aromatic heterocycles. The summed E-state index contributed by atoms with van der Waals surface area (Å²) >= 11 is 0. The van der Waals surface area contributed by atoms with Crippen LogP contribution in [-0.2, 0) is 16.1 Å². The van der Waals surface area contributed by atoms with E-state index in [1.165, 1.54) is 6.92 Å². The molecule has 0 aliphatic heterocycles. The highest BCUT2D eigenvalue weighted by atomic mass is 16.6.